The second-order valence-corrected chi connectivity index (χ2v) is 7.35. The Labute approximate surface area is 133 Å². The third kappa shape index (κ3) is 3.52. The largest absolute Gasteiger partial charge is 0.338 e. The van der Waals surface area contributed by atoms with Crippen LogP contribution in [0.5, 0.6) is 0 Å². The van der Waals surface area contributed by atoms with Gasteiger partial charge in [-0.25, -0.2) is 4.98 Å². The number of carbonyl (C=O) groups excluding carboxylic acids is 1. The highest BCUT2D eigenvalue weighted by Crippen LogP contribution is 2.42. The standard InChI is InChI=1S/C16H20N2OS2/c1-2-8-18(9-7-13-4-3-10-20-13)16(19)15-14(12-5-6-12)17-11-21-15/h3-4,10-12H,2,5-9H2,1H3. The molecule has 2 aromatic heterocycles. The summed E-state index contributed by atoms with van der Waals surface area (Å²) in [4.78, 5) is 21.4. The summed E-state index contributed by atoms with van der Waals surface area (Å²) >= 11 is 3.27. The number of thiazole rings is 1. The minimum absolute atomic E-state index is 0.179. The lowest BCUT2D eigenvalue weighted by Gasteiger charge is -2.21. The third-order valence-corrected chi connectivity index (χ3v) is 5.51. The van der Waals surface area contributed by atoms with Crippen LogP contribution in [0, 0.1) is 0 Å². The van der Waals surface area contributed by atoms with Crippen LogP contribution in [0.2, 0.25) is 0 Å². The van der Waals surface area contributed by atoms with Crippen LogP contribution in [0.4, 0.5) is 0 Å². The van der Waals surface area contributed by atoms with Gasteiger partial charge in [-0.1, -0.05) is 13.0 Å². The first-order valence-electron chi connectivity index (χ1n) is 7.54. The first-order chi connectivity index (χ1) is 10.3. The molecule has 2 heterocycles. The first kappa shape index (κ1) is 14.7. The number of thiophene rings is 1. The molecule has 5 heteroatoms. The van der Waals surface area contributed by atoms with Gasteiger partial charge in [0.25, 0.3) is 5.91 Å². The zero-order chi connectivity index (χ0) is 14.7. The van der Waals surface area contributed by atoms with E-state index < -0.39 is 0 Å². The summed E-state index contributed by atoms with van der Waals surface area (Å²) in [5.74, 6) is 0.716. The lowest BCUT2D eigenvalue weighted by Crippen LogP contribution is -2.33. The van der Waals surface area contributed by atoms with Gasteiger partial charge in [-0.15, -0.1) is 22.7 Å². The van der Waals surface area contributed by atoms with Gasteiger partial charge in [0.1, 0.15) is 4.88 Å². The Morgan fingerprint density at radius 3 is 2.90 bits per heavy atom. The average Bonchev–Trinajstić information content (AvgIpc) is 3.02. The van der Waals surface area contributed by atoms with Crippen LogP contribution >= 0.6 is 22.7 Å². The van der Waals surface area contributed by atoms with Gasteiger partial charge in [-0.3, -0.25) is 4.79 Å². The van der Waals surface area contributed by atoms with E-state index in [4.69, 9.17) is 0 Å². The molecule has 112 valence electrons. The quantitative estimate of drug-likeness (QED) is 0.767. The predicted molar refractivity (Wildman–Crippen MR) is 88.3 cm³/mol. The Morgan fingerprint density at radius 1 is 1.38 bits per heavy atom. The summed E-state index contributed by atoms with van der Waals surface area (Å²) < 4.78 is 0. The van der Waals surface area contributed by atoms with Crippen molar-refractivity contribution in [2.75, 3.05) is 13.1 Å². The normalized spacial score (nSPS) is 14.3. The van der Waals surface area contributed by atoms with E-state index in [1.54, 1.807) is 11.3 Å². The molecule has 3 nitrogen and oxygen atoms in total. The number of amides is 1. The molecule has 0 N–H and O–H groups in total. The summed E-state index contributed by atoms with van der Waals surface area (Å²) in [7, 11) is 0. The Hall–Kier alpha value is -1.20. The molecule has 0 saturated heterocycles. The van der Waals surface area contributed by atoms with Crippen molar-refractivity contribution in [3.8, 4) is 0 Å². The maximum atomic E-state index is 12.8. The van der Waals surface area contributed by atoms with Gasteiger partial charge in [0.05, 0.1) is 11.2 Å². The van der Waals surface area contributed by atoms with Crippen LogP contribution in [-0.2, 0) is 6.42 Å². The van der Waals surface area contributed by atoms with Gasteiger partial charge in [-0.2, -0.15) is 0 Å². The highest BCUT2D eigenvalue weighted by molar-refractivity contribution is 7.12. The number of hydrogen-bond donors (Lipinski definition) is 0. The van der Waals surface area contributed by atoms with Crippen LogP contribution in [0.1, 0.15) is 52.3 Å². The number of nitrogens with zero attached hydrogens (tertiary/aromatic N) is 2. The monoisotopic (exact) mass is 320 g/mol. The van der Waals surface area contributed by atoms with Crippen LogP contribution in [0.25, 0.3) is 0 Å². The highest BCUT2D eigenvalue weighted by Gasteiger charge is 2.32. The highest BCUT2D eigenvalue weighted by atomic mass is 32.1. The van der Waals surface area contributed by atoms with Gasteiger partial charge in [-0.05, 0) is 37.1 Å². The molecule has 0 unspecified atom stereocenters. The first-order valence-corrected chi connectivity index (χ1v) is 9.30. The molecule has 0 atom stereocenters. The van der Waals surface area contributed by atoms with Crippen LogP contribution < -0.4 is 0 Å². The van der Waals surface area contributed by atoms with Crippen molar-refractivity contribution in [1.82, 2.24) is 9.88 Å². The molecule has 2 aromatic rings. The minimum atomic E-state index is 0.179. The van der Waals surface area contributed by atoms with Crippen LogP contribution in [0.3, 0.4) is 0 Å². The molecule has 0 aromatic carbocycles. The van der Waals surface area contributed by atoms with Gasteiger partial charge in [0.2, 0.25) is 0 Å². The van der Waals surface area contributed by atoms with Crippen molar-refractivity contribution < 1.29 is 4.79 Å². The summed E-state index contributed by atoms with van der Waals surface area (Å²) in [6, 6.07) is 4.21. The Morgan fingerprint density at radius 2 is 2.24 bits per heavy atom. The number of rotatable bonds is 7. The summed E-state index contributed by atoms with van der Waals surface area (Å²) in [6.45, 7) is 3.75. The predicted octanol–water partition coefficient (Wildman–Crippen LogP) is 4.18. The maximum Gasteiger partial charge on any atom is 0.265 e. The number of aromatic nitrogens is 1. The number of carbonyl (C=O) groups is 1. The lowest BCUT2D eigenvalue weighted by molar-refractivity contribution is 0.0761. The Kier molecular flexibility index (Phi) is 4.70. The van der Waals surface area contributed by atoms with Crippen molar-refractivity contribution in [3.05, 3.63) is 38.5 Å². The molecule has 21 heavy (non-hydrogen) atoms. The molecule has 0 spiro atoms. The van der Waals surface area contributed by atoms with Gasteiger partial charge < -0.3 is 4.90 Å². The second-order valence-electron chi connectivity index (χ2n) is 5.46. The Balaban J connectivity index is 1.69. The fourth-order valence-electron chi connectivity index (χ4n) is 2.49. The second kappa shape index (κ2) is 6.71. The molecule has 0 aliphatic heterocycles. The maximum absolute atomic E-state index is 12.8. The molecular weight excluding hydrogens is 300 g/mol. The van der Waals surface area contributed by atoms with Gasteiger partial charge in [0.15, 0.2) is 0 Å². The third-order valence-electron chi connectivity index (χ3n) is 3.74. The molecule has 1 aliphatic rings. The van der Waals surface area contributed by atoms with E-state index in [0.717, 1.165) is 36.5 Å². The van der Waals surface area contributed by atoms with Gasteiger partial charge >= 0.3 is 0 Å². The lowest BCUT2D eigenvalue weighted by atomic mass is 10.2. The van der Waals surface area contributed by atoms with Crippen molar-refractivity contribution in [1.29, 1.82) is 0 Å². The summed E-state index contributed by atoms with van der Waals surface area (Å²) in [6.07, 6.45) is 4.31. The van der Waals surface area contributed by atoms with E-state index in [-0.39, 0.29) is 5.91 Å². The smallest absolute Gasteiger partial charge is 0.265 e. The molecule has 0 radical (unpaired) electrons. The van der Waals surface area contributed by atoms with Crippen molar-refractivity contribution >= 4 is 28.6 Å². The molecule has 3 rings (SSSR count). The zero-order valence-electron chi connectivity index (χ0n) is 12.2. The zero-order valence-corrected chi connectivity index (χ0v) is 13.9. The van der Waals surface area contributed by atoms with E-state index in [1.807, 2.05) is 10.4 Å². The molecule has 1 saturated carbocycles. The summed E-state index contributed by atoms with van der Waals surface area (Å²) in [5, 5.41) is 2.09. The summed E-state index contributed by atoms with van der Waals surface area (Å²) in [5.41, 5.74) is 2.87. The van der Waals surface area contributed by atoms with E-state index in [1.165, 1.54) is 29.1 Å². The number of hydrogen-bond acceptors (Lipinski definition) is 4. The minimum Gasteiger partial charge on any atom is -0.338 e. The fourth-order valence-corrected chi connectivity index (χ4v) is 4.03. The van der Waals surface area contributed by atoms with E-state index in [0.29, 0.717) is 5.92 Å². The van der Waals surface area contributed by atoms with Crippen molar-refractivity contribution in [3.63, 3.8) is 0 Å². The van der Waals surface area contributed by atoms with E-state index in [9.17, 15) is 4.79 Å². The average molecular weight is 320 g/mol. The molecule has 1 fully saturated rings. The van der Waals surface area contributed by atoms with E-state index in [2.05, 4.69) is 29.4 Å². The topological polar surface area (TPSA) is 33.2 Å². The Bertz CT molecular complexity index is 587. The van der Waals surface area contributed by atoms with Crippen LogP contribution in [-0.4, -0.2) is 28.9 Å². The van der Waals surface area contributed by atoms with Crippen LogP contribution in [0.15, 0.2) is 23.0 Å². The molecule has 0 bridgehead atoms. The SMILES string of the molecule is CCCN(CCc1cccs1)C(=O)c1scnc1C1CC1. The van der Waals surface area contributed by atoms with Gasteiger partial charge in [0, 0.05) is 23.9 Å². The molecule has 1 amide bonds. The van der Waals surface area contributed by atoms with E-state index >= 15 is 0 Å². The van der Waals surface area contributed by atoms with Crippen molar-refractivity contribution in [2.45, 2.75) is 38.5 Å². The molecule has 1 aliphatic carbocycles. The van der Waals surface area contributed by atoms with Crippen molar-refractivity contribution in [2.24, 2.45) is 0 Å². The fraction of sp³-hybridized carbons (Fsp3) is 0.500. The molecular formula is C16H20N2OS2.